The second-order valence-corrected chi connectivity index (χ2v) is 4.26. The lowest BCUT2D eigenvalue weighted by Gasteiger charge is -2.11. The summed E-state index contributed by atoms with van der Waals surface area (Å²) in [5.74, 6) is 1.43. The Morgan fingerprint density at radius 2 is 2.27 bits per heavy atom. The van der Waals surface area contributed by atoms with E-state index in [4.69, 9.17) is 10.8 Å². The third kappa shape index (κ3) is 1.74. The first kappa shape index (κ1) is 9.01. The van der Waals surface area contributed by atoms with Crippen molar-refractivity contribution < 1.29 is 5.11 Å². The number of aliphatic hydroxyl groups is 1. The van der Waals surface area contributed by atoms with Gasteiger partial charge in [-0.15, -0.1) is 0 Å². The Labute approximate surface area is 68.8 Å². The summed E-state index contributed by atoms with van der Waals surface area (Å²) in [7, 11) is 0. The number of hydrogen-bond donors (Lipinski definition) is 2. The van der Waals surface area contributed by atoms with Gasteiger partial charge in [0.15, 0.2) is 0 Å². The minimum Gasteiger partial charge on any atom is -0.396 e. The summed E-state index contributed by atoms with van der Waals surface area (Å²) in [5.41, 5.74) is 5.70. The monoisotopic (exact) mass is 157 g/mol. The van der Waals surface area contributed by atoms with Crippen LogP contribution in [0.2, 0.25) is 0 Å². The summed E-state index contributed by atoms with van der Waals surface area (Å²) in [6.45, 7) is 5.37. The zero-order valence-electron chi connectivity index (χ0n) is 7.51. The van der Waals surface area contributed by atoms with Crippen molar-refractivity contribution in [2.75, 3.05) is 13.2 Å². The lowest BCUT2D eigenvalue weighted by Crippen LogP contribution is -2.22. The number of nitrogens with two attached hydrogens (primary N) is 1. The first-order chi connectivity index (χ1) is 5.14. The van der Waals surface area contributed by atoms with Crippen molar-refractivity contribution in [3.8, 4) is 0 Å². The standard InChI is InChI=1S/C9H19NO/c1-7(2)3-8-4-9(8,5-10)6-11/h7-8,11H,3-6,10H2,1-2H3. The van der Waals surface area contributed by atoms with Gasteiger partial charge in [-0.25, -0.2) is 0 Å². The van der Waals surface area contributed by atoms with Gasteiger partial charge in [-0.05, 0) is 24.7 Å². The van der Waals surface area contributed by atoms with Crippen LogP contribution in [0.15, 0.2) is 0 Å². The highest BCUT2D eigenvalue weighted by Gasteiger charge is 2.51. The number of rotatable bonds is 4. The highest BCUT2D eigenvalue weighted by atomic mass is 16.3. The Hall–Kier alpha value is -0.0800. The normalized spacial score (nSPS) is 36.3. The molecule has 66 valence electrons. The first-order valence-electron chi connectivity index (χ1n) is 4.45. The van der Waals surface area contributed by atoms with E-state index < -0.39 is 0 Å². The molecule has 0 amide bonds. The van der Waals surface area contributed by atoms with Crippen molar-refractivity contribution >= 4 is 0 Å². The molecule has 2 nitrogen and oxygen atoms in total. The Bertz CT molecular complexity index is 130. The van der Waals surface area contributed by atoms with Crippen LogP contribution in [-0.4, -0.2) is 18.3 Å². The molecule has 3 N–H and O–H groups in total. The summed E-state index contributed by atoms with van der Waals surface area (Å²) in [4.78, 5) is 0. The van der Waals surface area contributed by atoms with Gasteiger partial charge < -0.3 is 10.8 Å². The molecule has 2 unspecified atom stereocenters. The van der Waals surface area contributed by atoms with Gasteiger partial charge in [0.05, 0.1) is 6.61 Å². The molecule has 1 rings (SSSR count). The zero-order chi connectivity index (χ0) is 8.48. The summed E-state index contributed by atoms with van der Waals surface area (Å²) in [6, 6.07) is 0. The summed E-state index contributed by atoms with van der Waals surface area (Å²) in [6.07, 6.45) is 2.36. The van der Waals surface area contributed by atoms with E-state index in [2.05, 4.69) is 13.8 Å². The van der Waals surface area contributed by atoms with Gasteiger partial charge in [-0.2, -0.15) is 0 Å². The molecular formula is C9H19NO. The first-order valence-corrected chi connectivity index (χ1v) is 4.45. The average Bonchev–Trinajstić information content (AvgIpc) is 2.63. The molecule has 0 aromatic heterocycles. The molecule has 0 saturated heterocycles. The molecule has 0 heterocycles. The summed E-state index contributed by atoms with van der Waals surface area (Å²) >= 11 is 0. The molecule has 1 saturated carbocycles. The molecule has 1 fully saturated rings. The van der Waals surface area contributed by atoms with Gasteiger partial charge in [0.25, 0.3) is 0 Å². The molecule has 0 aliphatic heterocycles. The van der Waals surface area contributed by atoms with Gasteiger partial charge >= 0.3 is 0 Å². The number of aliphatic hydroxyl groups excluding tert-OH is 1. The van der Waals surface area contributed by atoms with Crippen LogP contribution in [0.25, 0.3) is 0 Å². The van der Waals surface area contributed by atoms with Crippen LogP contribution in [0, 0.1) is 17.3 Å². The maximum Gasteiger partial charge on any atom is 0.0502 e. The zero-order valence-corrected chi connectivity index (χ0v) is 7.51. The van der Waals surface area contributed by atoms with Crippen molar-refractivity contribution in [2.24, 2.45) is 23.0 Å². The molecule has 1 aliphatic rings. The van der Waals surface area contributed by atoms with E-state index in [0.717, 1.165) is 12.3 Å². The van der Waals surface area contributed by atoms with Gasteiger partial charge in [0.1, 0.15) is 0 Å². The quantitative estimate of drug-likeness (QED) is 0.639. The predicted octanol–water partition coefficient (Wildman–Crippen LogP) is 0.990. The molecular weight excluding hydrogens is 138 g/mol. The van der Waals surface area contributed by atoms with Crippen LogP contribution in [0.1, 0.15) is 26.7 Å². The molecule has 0 aromatic carbocycles. The van der Waals surface area contributed by atoms with Gasteiger partial charge in [-0.1, -0.05) is 13.8 Å². The maximum absolute atomic E-state index is 9.06. The Balaban J connectivity index is 2.32. The van der Waals surface area contributed by atoms with E-state index in [0.29, 0.717) is 12.5 Å². The smallest absolute Gasteiger partial charge is 0.0502 e. The minimum absolute atomic E-state index is 0.115. The summed E-state index contributed by atoms with van der Waals surface area (Å²) < 4.78 is 0. The molecule has 11 heavy (non-hydrogen) atoms. The van der Waals surface area contributed by atoms with E-state index in [1.807, 2.05) is 0 Å². The van der Waals surface area contributed by atoms with Crippen molar-refractivity contribution in [2.45, 2.75) is 26.7 Å². The maximum atomic E-state index is 9.06. The number of hydrogen-bond acceptors (Lipinski definition) is 2. The molecule has 0 spiro atoms. The van der Waals surface area contributed by atoms with Gasteiger partial charge in [0.2, 0.25) is 0 Å². The molecule has 1 aliphatic carbocycles. The van der Waals surface area contributed by atoms with E-state index in [1.54, 1.807) is 0 Å². The highest BCUT2D eigenvalue weighted by molar-refractivity contribution is 5.02. The van der Waals surface area contributed by atoms with E-state index >= 15 is 0 Å². The molecule has 0 aromatic rings. The van der Waals surface area contributed by atoms with Gasteiger partial charge in [0, 0.05) is 12.0 Å². The van der Waals surface area contributed by atoms with Gasteiger partial charge in [-0.3, -0.25) is 0 Å². The lowest BCUT2D eigenvalue weighted by molar-refractivity contribution is 0.198. The highest BCUT2D eigenvalue weighted by Crippen LogP contribution is 2.54. The van der Waals surface area contributed by atoms with E-state index in [1.165, 1.54) is 6.42 Å². The average molecular weight is 157 g/mol. The van der Waals surface area contributed by atoms with Crippen molar-refractivity contribution in [3.05, 3.63) is 0 Å². The minimum atomic E-state index is 0.115. The van der Waals surface area contributed by atoms with Crippen LogP contribution < -0.4 is 5.73 Å². The van der Waals surface area contributed by atoms with Crippen LogP contribution in [0.5, 0.6) is 0 Å². The largest absolute Gasteiger partial charge is 0.396 e. The van der Waals surface area contributed by atoms with Crippen LogP contribution in [0.4, 0.5) is 0 Å². The van der Waals surface area contributed by atoms with E-state index in [9.17, 15) is 0 Å². The fraction of sp³-hybridized carbons (Fsp3) is 1.00. The third-order valence-electron chi connectivity index (χ3n) is 2.84. The second kappa shape index (κ2) is 3.11. The van der Waals surface area contributed by atoms with Crippen molar-refractivity contribution in [3.63, 3.8) is 0 Å². The van der Waals surface area contributed by atoms with E-state index in [-0.39, 0.29) is 12.0 Å². The molecule has 0 radical (unpaired) electrons. The SMILES string of the molecule is CC(C)CC1CC1(CN)CO. The molecule has 2 atom stereocenters. The molecule has 0 bridgehead atoms. The summed E-state index contributed by atoms with van der Waals surface area (Å²) in [5, 5.41) is 9.06. The Morgan fingerprint density at radius 3 is 2.55 bits per heavy atom. The van der Waals surface area contributed by atoms with Crippen LogP contribution in [0.3, 0.4) is 0 Å². The fourth-order valence-electron chi connectivity index (χ4n) is 1.84. The third-order valence-corrected chi connectivity index (χ3v) is 2.84. The lowest BCUT2D eigenvalue weighted by atomic mass is 9.99. The second-order valence-electron chi connectivity index (χ2n) is 4.26. The van der Waals surface area contributed by atoms with Crippen molar-refractivity contribution in [1.29, 1.82) is 0 Å². The Kier molecular flexibility index (Phi) is 2.55. The van der Waals surface area contributed by atoms with Crippen molar-refractivity contribution in [1.82, 2.24) is 0 Å². The fourth-order valence-corrected chi connectivity index (χ4v) is 1.84. The van der Waals surface area contributed by atoms with Crippen LogP contribution in [-0.2, 0) is 0 Å². The molecule has 2 heteroatoms. The Morgan fingerprint density at radius 1 is 1.64 bits per heavy atom. The topological polar surface area (TPSA) is 46.2 Å². The van der Waals surface area contributed by atoms with Crippen LogP contribution >= 0.6 is 0 Å². The predicted molar refractivity (Wildman–Crippen MR) is 46.1 cm³/mol.